The Kier molecular flexibility index (Phi) is 5.15. The number of carbonyl (C=O) groups is 2. The summed E-state index contributed by atoms with van der Waals surface area (Å²) in [6.07, 6.45) is 0.880. The van der Waals surface area contributed by atoms with E-state index in [4.69, 9.17) is 0 Å². The van der Waals surface area contributed by atoms with Gasteiger partial charge in [-0.05, 0) is 19.0 Å². The van der Waals surface area contributed by atoms with Gasteiger partial charge in [0, 0.05) is 32.7 Å². The number of nitrogens with one attached hydrogen (secondary N) is 1. The molecule has 1 saturated heterocycles. The fourth-order valence-corrected chi connectivity index (χ4v) is 1.92. The Morgan fingerprint density at radius 3 is 2.47 bits per heavy atom. The number of carbonyl (C=O) groups excluding carboxylic acids is 2. The van der Waals surface area contributed by atoms with Gasteiger partial charge in [0.2, 0.25) is 0 Å². The van der Waals surface area contributed by atoms with E-state index in [-0.39, 0.29) is 5.91 Å². The van der Waals surface area contributed by atoms with Gasteiger partial charge >= 0.3 is 11.8 Å². The lowest BCUT2D eigenvalue weighted by molar-refractivity contribution is -0.155. The predicted octanol–water partition coefficient (Wildman–Crippen LogP) is -0.157. The first-order valence-corrected chi connectivity index (χ1v) is 5.99. The number of nitrogens with zero attached hydrogens (tertiary/aromatic N) is 2. The molecule has 0 radical (unpaired) electrons. The van der Waals surface area contributed by atoms with Crippen LogP contribution in [0, 0.1) is 0 Å². The average Bonchev–Trinajstić information content (AvgIpc) is 2.29. The number of likely N-dealkylation sites (N-methyl/N-ethyl adjacent to an activating group) is 1. The molecule has 5 heteroatoms. The van der Waals surface area contributed by atoms with Crippen LogP contribution in [0.1, 0.15) is 13.3 Å². The molecule has 2 amide bonds. The van der Waals surface area contributed by atoms with E-state index < -0.39 is 5.91 Å². The highest BCUT2D eigenvalue weighted by molar-refractivity contribution is 6.35. The maximum absolute atomic E-state index is 11.8. The van der Waals surface area contributed by atoms with Crippen LogP contribution in [-0.2, 0) is 9.59 Å². The number of hydrogen-bond acceptors (Lipinski definition) is 3. The number of piperazine rings is 1. The topological polar surface area (TPSA) is 52.6 Å². The molecule has 1 heterocycles. The van der Waals surface area contributed by atoms with Gasteiger partial charge in [-0.3, -0.25) is 9.59 Å². The van der Waals surface area contributed by atoms with Crippen molar-refractivity contribution < 1.29 is 9.59 Å². The Morgan fingerprint density at radius 1 is 1.29 bits per heavy atom. The third kappa shape index (κ3) is 3.56. The molecule has 1 N–H and O–H groups in total. The highest BCUT2D eigenvalue weighted by Crippen LogP contribution is 2.07. The van der Waals surface area contributed by atoms with Crippen molar-refractivity contribution in [1.82, 2.24) is 15.1 Å². The smallest absolute Gasteiger partial charge is 0.312 e. The predicted molar refractivity (Wildman–Crippen MR) is 66.5 cm³/mol. The van der Waals surface area contributed by atoms with Crippen LogP contribution in [0.4, 0.5) is 0 Å². The SMILES string of the molecule is C=C(CNC)CN1CCN(CCC)C(=O)C1=O. The van der Waals surface area contributed by atoms with Crippen molar-refractivity contribution in [2.45, 2.75) is 13.3 Å². The largest absolute Gasteiger partial charge is 0.333 e. The summed E-state index contributed by atoms with van der Waals surface area (Å²) in [4.78, 5) is 26.8. The average molecular weight is 239 g/mol. The zero-order valence-electron chi connectivity index (χ0n) is 10.7. The zero-order chi connectivity index (χ0) is 12.8. The third-order valence-corrected chi connectivity index (χ3v) is 2.73. The quantitative estimate of drug-likeness (QED) is 0.518. The highest BCUT2D eigenvalue weighted by atomic mass is 16.2. The fourth-order valence-electron chi connectivity index (χ4n) is 1.92. The van der Waals surface area contributed by atoms with Crippen LogP contribution < -0.4 is 5.32 Å². The van der Waals surface area contributed by atoms with Gasteiger partial charge < -0.3 is 15.1 Å². The molecule has 17 heavy (non-hydrogen) atoms. The molecule has 0 aliphatic carbocycles. The van der Waals surface area contributed by atoms with Gasteiger partial charge in [0.1, 0.15) is 0 Å². The molecule has 0 atom stereocenters. The van der Waals surface area contributed by atoms with Crippen molar-refractivity contribution in [3.8, 4) is 0 Å². The van der Waals surface area contributed by atoms with Crippen LogP contribution in [0.25, 0.3) is 0 Å². The first-order valence-electron chi connectivity index (χ1n) is 5.99. The lowest BCUT2D eigenvalue weighted by Gasteiger charge is -2.34. The van der Waals surface area contributed by atoms with Crippen LogP contribution >= 0.6 is 0 Å². The van der Waals surface area contributed by atoms with Gasteiger partial charge in [-0.1, -0.05) is 13.5 Å². The number of hydrogen-bond donors (Lipinski definition) is 1. The van der Waals surface area contributed by atoms with Gasteiger partial charge in [0.25, 0.3) is 0 Å². The van der Waals surface area contributed by atoms with Gasteiger partial charge in [0.05, 0.1) is 0 Å². The maximum Gasteiger partial charge on any atom is 0.312 e. The van der Waals surface area contributed by atoms with E-state index in [1.165, 1.54) is 0 Å². The molecular formula is C12H21N3O2. The molecule has 0 saturated carbocycles. The van der Waals surface area contributed by atoms with Crippen LogP contribution in [-0.4, -0.2) is 61.4 Å². The molecule has 1 rings (SSSR count). The van der Waals surface area contributed by atoms with Gasteiger partial charge in [-0.25, -0.2) is 0 Å². The number of rotatable bonds is 6. The molecule has 1 fully saturated rings. The molecule has 0 aromatic carbocycles. The summed E-state index contributed by atoms with van der Waals surface area (Å²) in [5, 5.41) is 2.98. The van der Waals surface area contributed by atoms with Crippen molar-refractivity contribution in [3.63, 3.8) is 0 Å². The van der Waals surface area contributed by atoms with E-state index in [9.17, 15) is 9.59 Å². The minimum atomic E-state index is -0.401. The van der Waals surface area contributed by atoms with E-state index in [2.05, 4.69) is 11.9 Å². The summed E-state index contributed by atoms with van der Waals surface area (Å²) in [6, 6.07) is 0. The lowest BCUT2D eigenvalue weighted by atomic mass is 10.2. The van der Waals surface area contributed by atoms with E-state index in [1.807, 2.05) is 14.0 Å². The molecule has 1 aliphatic rings. The second-order valence-corrected chi connectivity index (χ2v) is 4.30. The van der Waals surface area contributed by atoms with Gasteiger partial charge in [-0.15, -0.1) is 0 Å². The van der Waals surface area contributed by atoms with E-state index >= 15 is 0 Å². The summed E-state index contributed by atoms with van der Waals surface area (Å²) < 4.78 is 0. The third-order valence-electron chi connectivity index (χ3n) is 2.73. The zero-order valence-corrected chi connectivity index (χ0v) is 10.7. The van der Waals surface area contributed by atoms with E-state index in [0.29, 0.717) is 32.7 Å². The first kappa shape index (κ1) is 13.7. The second-order valence-electron chi connectivity index (χ2n) is 4.30. The molecule has 5 nitrogen and oxygen atoms in total. The molecule has 0 unspecified atom stereocenters. The fraction of sp³-hybridized carbons (Fsp3) is 0.667. The van der Waals surface area contributed by atoms with Crippen LogP contribution in [0.2, 0.25) is 0 Å². The molecular weight excluding hydrogens is 218 g/mol. The summed E-state index contributed by atoms with van der Waals surface area (Å²) in [7, 11) is 1.83. The highest BCUT2D eigenvalue weighted by Gasteiger charge is 2.31. The van der Waals surface area contributed by atoms with Crippen LogP contribution in [0.5, 0.6) is 0 Å². The normalized spacial score (nSPS) is 16.6. The lowest BCUT2D eigenvalue weighted by Crippen LogP contribution is -2.54. The van der Waals surface area contributed by atoms with Crippen molar-refractivity contribution >= 4 is 11.8 Å². The Morgan fingerprint density at radius 2 is 1.88 bits per heavy atom. The Hall–Kier alpha value is -1.36. The van der Waals surface area contributed by atoms with E-state index in [1.54, 1.807) is 9.80 Å². The summed E-state index contributed by atoms with van der Waals surface area (Å²) in [5.74, 6) is -0.780. The van der Waals surface area contributed by atoms with Crippen molar-refractivity contribution in [2.75, 3.05) is 39.8 Å². The van der Waals surface area contributed by atoms with Gasteiger partial charge in [0.15, 0.2) is 0 Å². The van der Waals surface area contributed by atoms with Crippen molar-refractivity contribution in [1.29, 1.82) is 0 Å². The molecule has 0 aromatic rings. The maximum atomic E-state index is 11.8. The van der Waals surface area contributed by atoms with E-state index in [0.717, 1.165) is 12.0 Å². The second kappa shape index (κ2) is 6.39. The van der Waals surface area contributed by atoms with Crippen LogP contribution in [0.15, 0.2) is 12.2 Å². The standard InChI is InChI=1S/C12H21N3O2/c1-4-5-14-6-7-15(12(17)11(14)16)9-10(2)8-13-3/h13H,2,4-9H2,1,3H3. The molecule has 0 bridgehead atoms. The minimum absolute atomic E-state index is 0.379. The summed E-state index contributed by atoms with van der Waals surface area (Å²) in [5.41, 5.74) is 0.914. The van der Waals surface area contributed by atoms with Crippen molar-refractivity contribution in [2.24, 2.45) is 0 Å². The van der Waals surface area contributed by atoms with Crippen LogP contribution in [0.3, 0.4) is 0 Å². The van der Waals surface area contributed by atoms with Gasteiger partial charge in [-0.2, -0.15) is 0 Å². The first-order chi connectivity index (χ1) is 8.10. The summed E-state index contributed by atoms with van der Waals surface area (Å²) in [6.45, 7) is 8.90. The monoisotopic (exact) mass is 239 g/mol. The molecule has 96 valence electrons. The Labute approximate surface area is 102 Å². The van der Waals surface area contributed by atoms with Crippen molar-refractivity contribution in [3.05, 3.63) is 12.2 Å². The number of amides is 2. The summed E-state index contributed by atoms with van der Waals surface area (Å²) >= 11 is 0. The minimum Gasteiger partial charge on any atom is -0.333 e. The Bertz CT molecular complexity index is 315. The molecule has 1 aliphatic heterocycles. The Balaban J connectivity index is 2.53. The molecule has 0 aromatic heterocycles. The molecule has 0 spiro atoms.